The van der Waals surface area contributed by atoms with Gasteiger partial charge >= 0.3 is 0 Å². The SMILES string of the molecule is CCCCCCc1cc2c3ccc4c(ccc5c4ccc4c5cc(CCCCCC)n4C)c3ccc2n1C. The Morgan fingerprint density at radius 1 is 0.421 bits per heavy atom. The van der Waals surface area contributed by atoms with Crippen LogP contribution in [0.1, 0.15) is 76.6 Å². The highest BCUT2D eigenvalue weighted by Gasteiger charge is 2.14. The van der Waals surface area contributed by atoms with Crippen LogP contribution >= 0.6 is 0 Å². The first kappa shape index (κ1) is 25.0. The third-order valence-corrected chi connectivity index (χ3v) is 9.01. The van der Waals surface area contributed by atoms with Crippen LogP contribution in [0.3, 0.4) is 0 Å². The summed E-state index contributed by atoms with van der Waals surface area (Å²) in [6, 6.07) is 23.7. The van der Waals surface area contributed by atoms with Crippen LogP contribution < -0.4 is 0 Å². The molecule has 0 aliphatic heterocycles. The molecule has 2 heteroatoms. The van der Waals surface area contributed by atoms with E-state index in [4.69, 9.17) is 0 Å². The van der Waals surface area contributed by atoms with Gasteiger partial charge in [0.25, 0.3) is 0 Å². The van der Waals surface area contributed by atoms with Gasteiger partial charge in [-0.3, -0.25) is 0 Å². The molecule has 38 heavy (non-hydrogen) atoms. The molecule has 0 saturated carbocycles. The molecule has 0 atom stereocenters. The maximum absolute atomic E-state index is 2.45. The minimum absolute atomic E-state index is 1.17. The molecule has 0 bridgehead atoms. The van der Waals surface area contributed by atoms with E-state index in [2.05, 4.69) is 97.7 Å². The second kappa shape index (κ2) is 10.5. The van der Waals surface area contributed by atoms with Gasteiger partial charge in [-0.2, -0.15) is 0 Å². The number of fused-ring (bicyclic) bond motifs is 9. The first-order valence-electron chi connectivity index (χ1n) is 15.0. The number of aryl methyl sites for hydroxylation is 4. The maximum atomic E-state index is 2.45. The Hall–Kier alpha value is -3.26. The summed E-state index contributed by atoms with van der Waals surface area (Å²) in [5, 5.41) is 11.0. The summed E-state index contributed by atoms with van der Waals surface area (Å²) in [5.74, 6) is 0. The number of benzene rings is 4. The van der Waals surface area contributed by atoms with Crippen molar-refractivity contribution in [2.45, 2.75) is 78.1 Å². The van der Waals surface area contributed by atoms with Gasteiger partial charge in [0.1, 0.15) is 0 Å². The van der Waals surface area contributed by atoms with E-state index in [0.717, 1.165) is 0 Å². The van der Waals surface area contributed by atoms with Gasteiger partial charge in [0.15, 0.2) is 0 Å². The van der Waals surface area contributed by atoms with E-state index in [0.29, 0.717) is 0 Å². The molecular weight excluding hydrogens is 460 g/mol. The third-order valence-electron chi connectivity index (χ3n) is 9.01. The van der Waals surface area contributed by atoms with Gasteiger partial charge in [-0.15, -0.1) is 0 Å². The standard InChI is InChI=1S/C36H42N2/c1-5-7-9-11-13-25-23-33-31-17-15-28-27(29(31)19-21-35(33)37(25)3)16-18-32-30(28)20-22-36-34(32)24-26(38(36)4)14-12-10-8-6-2/h15-24H,5-14H2,1-4H3. The lowest BCUT2D eigenvalue weighted by molar-refractivity contribution is 0.651. The highest BCUT2D eigenvalue weighted by Crippen LogP contribution is 2.38. The molecule has 0 spiro atoms. The maximum Gasteiger partial charge on any atom is 0.0486 e. The minimum atomic E-state index is 1.17. The van der Waals surface area contributed by atoms with Crippen LogP contribution in [-0.4, -0.2) is 9.13 Å². The van der Waals surface area contributed by atoms with Crippen molar-refractivity contribution in [2.24, 2.45) is 14.1 Å². The zero-order valence-corrected chi connectivity index (χ0v) is 23.7. The van der Waals surface area contributed by atoms with E-state index in [1.165, 1.54) is 130 Å². The fourth-order valence-corrected chi connectivity index (χ4v) is 6.73. The van der Waals surface area contributed by atoms with Crippen molar-refractivity contribution in [2.75, 3.05) is 0 Å². The first-order chi connectivity index (χ1) is 18.6. The van der Waals surface area contributed by atoms with Gasteiger partial charge < -0.3 is 9.13 Å². The molecule has 6 aromatic rings. The van der Waals surface area contributed by atoms with Gasteiger partial charge in [0, 0.05) is 47.3 Å². The predicted octanol–water partition coefficient (Wildman–Crippen LogP) is 10.4. The lowest BCUT2D eigenvalue weighted by atomic mass is 9.94. The summed E-state index contributed by atoms with van der Waals surface area (Å²) in [4.78, 5) is 0. The summed E-state index contributed by atoms with van der Waals surface area (Å²) in [6.45, 7) is 4.57. The number of aromatic nitrogens is 2. The average molecular weight is 503 g/mol. The second-order valence-corrected chi connectivity index (χ2v) is 11.4. The lowest BCUT2D eigenvalue weighted by Crippen LogP contribution is -1.96. The summed E-state index contributed by atoms with van der Waals surface area (Å²) in [7, 11) is 4.47. The average Bonchev–Trinajstić information content (AvgIpc) is 3.44. The molecule has 2 heterocycles. The zero-order valence-electron chi connectivity index (χ0n) is 23.7. The van der Waals surface area contributed by atoms with E-state index in [9.17, 15) is 0 Å². The van der Waals surface area contributed by atoms with Crippen molar-refractivity contribution in [3.8, 4) is 0 Å². The van der Waals surface area contributed by atoms with E-state index in [1.807, 2.05) is 0 Å². The topological polar surface area (TPSA) is 9.86 Å². The van der Waals surface area contributed by atoms with Crippen molar-refractivity contribution in [3.63, 3.8) is 0 Å². The smallest absolute Gasteiger partial charge is 0.0486 e. The van der Waals surface area contributed by atoms with Gasteiger partial charge in [-0.05, 0) is 82.3 Å². The Labute approximate surface area is 227 Å². The molecule has 0 saturated heterocycles. The Balaban J connectivity index is 1.44. The molecule has 0 fully saturated rings. The van der Waals surface area contributed by atoms with Crippen LogP contribution in [0.25, 0.3) is 54.1 Å². The molecular formula is C36H42N2. The molecule has 0 N–H and O–H groups in total. The number of hydrogen-bond donors (Lipinski definition) is 0. The Morgan fingerprint density at radius 3 is 1.13 bits per heavy atom. The summed E-state index contributed by atoms with van der Waals surface area (Å²) in [5.41, 5.74) is 5.61. The fourth-order valence-electron chi connectivity index (χ4n) is 6.73. The van der Waals surface area contributed by atoms with Crippen molar-refractivity contribution in [1.82, 2.24) is 9.13 Å². The quantitative estimate of drug-likeness (QED) is 0.130. The number of rotatable bonds is 10. The van der Waals surface area contributed by atoms with Crippen LogP contribution in [-0.2, 0) is 26.9 Å². The van der Waals surface area contributed by atoms with Crippen molar-refractivity contribution >= 4 is 54.1 Å². The molecule has 6 rings (SSSR count). The molecule has 196 valence electrons. The molecule has 2 aromatic heterocycles. The minimum Gasteiger partial charge on any atom is -0.348 e. The van der Waals surface area contributed by atoms with Crippen LogP contribution in [0.15, 0.2) is 60.7 Å². The third kappa shape index (κ3) is 4.19. The second-order valence-electron chi connectivity index (χ2n) is 11.4. The first-order valence-corrected chi connectivity index (χ1v) is 15.0. The van der Waals surface area contributed by atoms with Crippen LogP contribution in [0, 0.1) is 0 Å². The van der Waals surface area contributed by atoms with Crippen LogP contribution in [0.4, 0.5) is 0 Å². The summed E-state index contributed by atoms with van der Waals surface area (Å²) in [6.07, 6.45) is 12.8. The molecule has 4 aromatic carbocycles. The van der Waals surface area contributed by atoms with E-state index in [1.54, 1.807) is 0 Å². The molecule has 0 amide bonds. The largest absolute Gasteiger partial charge is 0.348 e. The highest BCUT2D eigenvalue weighted by molar-refractivity contribution is 6.24. The van der Waals surface area contributed by atoms with Crippen molar-refractivity contribution in [1.29, 1.82) is 0 Å². The highest BCUT2D eigenvalue weighted by atomic mass is 14.9. The normalized spacial score (nSPS) is 12.2. The van der Waals surface area contributed by atoms with Gasteiger partial charge in [0.2, 0.25) is 0 Å². The molecule has 0 aliphatic rings. The van der Waals surface area contributed by atoms with Crippen molar-refractivity contribution < 1.29 is 0 Å². The van der Waals surface area contributed by atoms with Crippen LogP contribution in [0.2, 0.25) is 0 Å². The van der Waals surface area contributed by atoms with Crippen LogP contribution in [0.5, 0.6) is 0 Å². The van der Waals surface area contributed by atoms with Gasteiger partial charge in [-0.1, -0.05) is 88.8 Å². The molecule has 0 radical (unpaired) electrons. The fraction of sp³-hybridized carbons (Fsp3) is 0.389. The number of nitrogens with zero attached hydrogens (tertiary/aromatic N) is 2. The Kier molecular flexibility index (Phi) is 6.91. The van der Waals surface area contributed by atoms with E-state index >= 15 is 0 Å². The van der Waals surface area contributed by atoms with Crippen molar-refractivity contribution in [3.05, 3.63) is 72.1 Å². The van der Waals surface area contributed by atoms with Gasteiger partial charge in [-0.25, -0.2) is 0 Å². The zero-order chi connectivity index (χ0) is 26.2. The monoisotopic (exact) mass is 502 g/mol. The molecule has 0 unspecified atom stereocenters. The van der Waals surface area contributed by atoms with E-state index in [-0.39, 0.29) is 0 Å². The summed E-state index contributed by atoms with van der Waals surface area (Å²) < 4.78 is 4.83. The predicted molar refractivity (Wildman–Crippen MR) is 168 cm³/mol. The molecule has 2 nitrogen and oxygen atoms in total. The number of hydrogen-bond acceptors (Lipinski definition) is 0. The number of unbranched alkanes of at least 4 members (excludes halogenated alkanes) is 6. The Bertz CT molecular complexity index is 1630. The van der Waals surface area contributed by atoms with E-state index < -0.39 is 0 Å². The summed E-state index contributed by atoms with van der Waals surface area (Å²) >= 11 is 0. The lowest BCUT2D eigenvalue weighted by Gasteiger charge is -2.10. The van der Waals surface area contributed by atoms with Gasteiger partial charge in [0.05, 0.1) is 0 Å². The molecule has 0 aliphatic carbocycles. The Morgan fingerprint density at radius 2 is 0.763 bits per heavy atom.